The van der Waals surface area contributed by atoms with Crippen molar-refractivity contribution >= 4 is 142 Å². The van der Waals surface area contributed by atoms with E-state index < -0.39 is 0 Å². The van der Waals surface area contributed by atoms with Crippen LogP contribution in [0.4, 0.5) is 0 Å². The van der Waals surface area contributed by atoms with E-state index >= 15 is 0 Å². The number of hydrogen-bond acceptors (Lipinski definition) is 3. The van der Waals surface area contributed by atoms with E-state index in [1.165, 1.54) is 0 Å². The molecule has 2 aliphatic rings. The van der Waals surface area contributed by atoms with E-state index in [-0.39, 0.29) is 95.9 Å². The Morgan fingerprint density at radius 3 is 1.65 bits per heavy atom. The molecule has 2 N–H and O–H groups in total. The lowest BCUT2D eigenvalue weighted by atomic mass is 10.1. The van der Waals surface area contributed by atoms with E-state index in [4.69, 9.17) is 9.97 Å². The van der Waals surface area contributed by atoms with Crippen molar-refractivity contribution in [1.82, 2.24) is 24.9 Å². The zero-order valence-corrected chi connectivity index (χ0v) is 27.0. The summed E-state index contributed by atoms with van der Waals surface area (Å²) in [6.07, 6.45) is 9.90. The average molecular weight is 899 g/mol. The fourth-order valence-electron chi connectivity index (χ4n) is 3.75. The Morgan fingerprint density at radius 1 is 0.529 bits per heavy atom. The van der Waals surface area contributed by atoms with Crippen molar-refractivity contribution < 1.29 is 0 Å². The maximum atomic E-state index is 4.75. The van der Waals surface area contributed by atoms with Gasteiger partial charge < -0.3 is 9.97 Å². The molecule has 6 rings (SSSR count). The second kappa shape index (κ2) is 12.6. The molecule has 0 amide bonds. The van der Waals surface area contributed by atoms with E-state index in [0.717, 1.165) is 56.1 Å². The summed E-state index contributed by atoms with van der Waals surface area (Å²) >= 11 is 0. The number of nitrogens with one attached hydrogen (secondary N) is 2. The van der Waals surface area contributed by atoms with E-state index in [1.54, 1.807) is 0 Å². The highest BCUT2D eigenvalue weighted by molar-refractivity contribution is 14.0. The SMILES string of the molecule is C1=Cc2cc3cc(-c4ccccn4)c(cc4nc(cc5ccc(cc1n2)[nH]5)C=C4)[nH]3.I.I.I.I. The molecule has 0 spiro atoms. The van der Waals surface area contributed by atoms with E-state index in [0.29, 0.717) is 0 Å². The van der Waals surface area contributed by atoms with Crippen LogP contribution in [0.5, 0.6) is 0 Å². The second-order valence-corrected chi connectivity index (χ2v) is 7.30. The third-order valence-corrected chi connectivity index (χ3v) is 5.11. The van der Waals surface area contributed by atoms with Crippen LogP contribution in [0, 0.1) is 0 Å². The van der Waals surface area contributed by atoms with Crippen LogP contribution >= 0.6 is 95.9 Å². The van der Waals surface area contributed by atoms with Crippen molar-refractivity contribution in [2.75, 3.05) is 0 Å². The minimum absolute atomic E-state index is 0. The topological polar surface area (TPSA) is 70.2 Å². The highest BCUT2D eigenvalue weighted by atomic mass is 127. The van der Waals surface area contributed by atoms with Crippen LogP contribution in [-0.4, -0.2) is 24.9 Å². The highest BCUT2D eigenvalue weighted by Crippen LogP contribution is 2.26. The van der Waals surface area contributed by atoms with Crippen LogP contribution in [0.25, 0.3) is 57.6 Å². The Balaban J connectivity index is 0.00000102. The van der Waals surface area contributed by atoms with Gasteiger partial charge in [0.05, 0.1) is 34.0 Å². The first-order valence-electron chi connectivity index (χ1n) is 9.78. The number of aromatic amines is 2. The first kappa shape index (κ1) is 28.9. The van der Waals surface area contributed by atoms with Crippen LogP contribution in [0.1, 0.15) is 22.8 Å². The van der Waals surface area contributed by atoms with E-state index in [2.05, 4.69) is 27.1 Å². The molecule has 2 aliphatic heterocycles. The largest absolute Gasteiger partial charge is 0.355 e. The van der Waals surface area contributed by atoms with Crippen LogP contribution in [0.2, 0.25) is 0 Å². The quantitative estimate of drug-likeness (QED) is 0.164. The third kappa shape index (κ3) is 6.26. The van der Waals surface area contributed by atoms with Gasteiger partial charge in [-0.3, -0.25) is 4.98 Å². The van der Waals surface area contributed by atoms with Gasteiger partial charge >= 0.3 is 0 Å². The number of fused-ring (bicyclic) bond motifs is 8. The lowest BCUT2D eigenvalue weighted by Gasteiger charge is -1.96. The molecule has 0 atom stereocenters. The van der Waals surface area contributed by atoms with E-state index in [1.807, 2.05) is 79.0 Å². The Bertz CT molecular complexity index is 1500. The van der Waals surface area contributed by atoms with Crippen molar-refractivity contribution in [3.63, 3.8) is 0 Å². The van der Waals surface area contributed by atoms with E-state index in [9.17, 15) is 0 Å². The summed E-state index contributed by atoms with van der Waals surface area (Å²) in [6, 6.07) is 20.3. The Hall–Kier alpha value is -1.33. The predicted octanol–water partition coefficient (Wildman–Crippen LogP) is 8.19. The summed E-state index contributed by atoms with van der Waals surface area (Å²) in [7, 11) is 0. The fraction of sp³-hybridized carbons (Fsp3) is 0. The Morgan fingerprint density at radius 2 is 1.09 bits per heavy atom. The molecule has 34 heavy (non-hydrogen) atoms. The first-order chi connectivity index (χ1) is 14.8. The summed E-state index contributed by atoms with van der Waals surface area (Å²) in [6.45, 7) is 0. The summed E-state index contributed by atoms with van der Waals surface area (Å²) in [5.41, 5.74) is 9.53. The van der Waals surface area contributed by atoms with Crippen LogP contribution in [0.3, 0.4) is 0 Å². The molecular weight excluding hydrogens is 878 g/mol. The lowest BCUT2D eigenvalue weighted by molar-refractivity contribution is 1.31. The molecule has 0 saturated heterocycles. The molecule has 4 aromatic heterocycles. The third-order valence-electron chi connectivity index (χ3n) is 5.11. The molecule has 9 heteroatoms. The van der Waals surface area contributed by atoms with Gasteiger partial charge in [0.25, 0.3) is 0 Å². The predicted molar refractivity (Wildman–Crippen MR) is 184 cm³/mol. The Kier molecular flexibility index (Phi) is 10.7. The molecule has 0 aliphatic carbocycles. The number of rotatable bonds is 1. The van der Waals surface area contributed by atoms with Crippen molar-refractivity contribution in [3.05, 3.63) is 89.6 Å². The van der Waals surface area contributed by atoms with Gasteiger partial charge in [0.15, 0.2) is 0 Å². The lowest BCUT2D eigenvalue weighted by Crippen LogP contribution is -1.80. The fourth-order valence-corrected chi connectivity index (χ4v) is 3.75. The molecule has 0 unspecified atom stereocenters. The zero-order chi connectivity index (χ0) is 19.9. The molecule has 8 bridgehead atoms. The number of halogens is 4. The maximum absolute atomic E-state index is 4.75. The number of nitrogens with zero attached hydrogens (tertiary/aromatic N) is 3. The molecule has 6 heterocycles. The number of aromatic nitrogens is 5. The van der Waals surface area contributed by atoms with Gasteiger partial charge in [-0.1, -0.05) is 6.07 Å². The molecule has 0 radical (unpaired) electrons. The smallest absolute Gasteiger partial charge is 0.0723 e. The first-order valence-corrected chi connectivity index (χ1v) is 9.78. The number of pyridine rings is 1. The summed E-state index contributed by atoms with van der Waals surface area (Å²) in [4.78, 5) is 20.9. The molecular formula is C25H21I4N5. The standard InChI is InChI=1S/C25H17N5.4HI/c1-2-10-26-24(3-1)23-14-22-13-20-7-6-18(28-20)11-16-4-5-17(27-16)12-19-8-9-21(29-19)15-25(23)30-22;;;;/h1-15,27,30H;4*1H. The minimum atomic E-state index is 0. The Labute approximate surface area is 265 Å². The number of hydrogen-bond donors (Lipinski definition) is 2. The molecule has 174 valence electrons. The molecule has 4 aromatic rings. The van der Waals surface area contributed by atoms with Gasteiger partial charge in [-0.05, 0) is 78.9 Å². The minimum Gasteiger partial charge on any atom is -0.355 e. The average Bonchev–Trinajstić information content (AvgIpc) is 3.53. The van der Waals surface area contributed by atoms with Crippen molar-refractivity contribution in [2.24, 2.45) is 0 Å². The van der Waals surface area contributed by atoms with Crippen LogP contribution in [-0.2, 0) is 0 Å². The summed E-state index contributed by atoms with van der Waals surface area (Å²) in [5, 5.41) is 0. The summed E-state index contributed by atoms with van der Waals surface area (Å²) in [5.74, 6) is 0. The maximum Gasteiger partial charge on any atom is 0.0723 e. The van der Waals surface area contributed by atoms with Gasteiger partial charge in [-0.2, -0.15) is 0 Å². The van der Waals surface area contributed by atoms with Crippen LogP contribution in [0.15, 0.2) is 66.9 Å². The van der Waals surface area contributed by atoms with Crippen LogP contribution < -0.4 is 0 Å². The van der Waals surface area contributed by atoms with Gasteiger partial charge in [0.1, 0.15) is 0 Å². The van der Waals surface area contributed by atoms with Gasteiger partial charge in [0.2, 0.25) is 0 Å². The van der Waals surface area contributed by atoms with Crippen molar-refractivity contribution in [2.45, 2.75) is 0 Å². The normalized spacial score (nSPS) is 10.9. The van der Waals surface area contributed by atoms with Crippen molar-refractivity contribution in [3.8, 4) is 11.3 Å². The monoisotopic (exact) mass is 899 g/mol. The van der Waals surface area contributed by atoms with Gasteiger partial charge in [-0.15, -0.1) is 95.9 Å². The molecule has 0 fully saturated rings. The zero-order valence-electron chi connectivity index (χ0n) is 17.6. The molecule has 5 nitrogen and oxygen atoms in total. The summed E-state index contributed by atoms with van der Waals surface area (Å²) < 4.78 is 0. The second-order valence-electron chi connectivity index (χ2n) is 7.30. The van der Waals surface area contributed by atoms with Gasteiger partial charge in [0, 0.05) is 28.3 Å². The number of H-pyrrole nitrogens is 2. The highest BCUT2D eigenvalue weighted by Gasteiger charge is 2.07. The molecule has 0 saturated carbocycles. The van der Waals surface area contributed by atoms with Gasteiger partial charge in [-0.25, -0.2) is 9.97 Å². The molecule has 0 aromatic carbocycles. The van der Waals surface area contributed by atoms with Crippen molar-refractivity contribution in [1.29, 1.82) is 0 Å².